The van der Waals surface area contributed by atoms with Crippen LogP contribution < -0.4 is 0 Å². The highest BCUT2D eigenvalue weighted by Gasteiger charge is 2.02. The summed E-state index contributed by atoms with van der Waals surface area (Å²) in [5.74, 6) is 0. The average Bonchev–Trinajstić information content (AvgIpc) is 2.71. The summed E-state index contributed by atoms with van der Waals surface area (Å²) < 4.78 is 9.13. The number of thiophene rings is 1. The van der Waals surface area contributed by atoms with Gasteiger partial charge in [0.1, 0.15) is 0 Å². The van der Waals surface area contributed by atoms with Gasteiger partial charge in [-0.3, -0.25) is 4.78 Å². The zero-order valence-corrected chi connectivity index (χ0v) is 9.62. The van der Waals surface area contributed by atoms with Crippen LogP contribution in [0.25, 0.3) is 0 Å². The molecule has 0 amide bonds. The molecule has 0 aliphatic rings. The van der Waals surface area contributed by atoms with Gasteiger partial charge >= 0.3 is 0 Å². The molecular formula is C10H8ClNS2. The normalized spacial score (nSPS) is 12.6. The Labute approximate surface area is 94.2 Å². The van der Waals surface area contributed by atoms with Crippen molar-refractivity contribution < 1.29 is 0 Å². The molecule has 1 aromatic heterocycles. The number of benzene rings is 1. The van der Waals surface area contributed by atoms with Crippen molar-refractivity contribution in [2.24, 2.45) is 0 Å². The van der Waals surface area contributed by atoms with E-state index in [1.165, 1.54) is 0 Å². The van der Waals surface area contributed by atoms with E-state index < -0.39 is 10.7 Å². The van der Waals surface area contributed by atoms with E-state index >= 15 is 0 Å². The van der Waals surface area contributed by atoms with Crippen molar-refractivity contribution in [3.63, 3.8) is 0 Å². The lowest BCUT2D eigenvalue weighted by atomic mass is 10.4. The summed E-state index contributed by atoms with van der Waals surface area (Å²) >= 11 is 7.41. The number of hydrogen-bond donors (Lipinski definition) is 1. The molecule has 0 aliphatic carbocycles. The predicted molar refractivity (Wildman–Crippen MR) is 62.4 cm³/mol. The van der Waals surface area contributed by atoms with Crippen molar-refractivity contribution in [3.8, 4) is 0 Å². The summed E-state index contributed by atoms with van der Waals surface area (Å²) in [4.78, 5) is 1.01. The summed E-state index contributed by atoms with van der Waals surface area (Å²) in [5.41, 5.74) is 0. The molecule has 0 radical (unpaired) electrons. The Bertz CT molecular complexity index is 434. The molecule has 72 valence electrons. The molecule has 1 N–H and O–H groups in total. The number of hydrogen-bond acceptors (Lipinski definition) is 2. The fourth-order valence-corrected chi connectivity index (χ4v) is 3.34. The monoisotopic (exact) mass is 241 g/mol. The largest absolute Gasteiger partial charge is 0.270 e. The van der Waals surface area contributed by atoms with Gasteiger partial charge in [-0.25, -0.2) is 0 Å². The maximum absolute atomic E-state index is 8.04. The molecule has 14 heavy (non-hydrogen) atoms. The first-order chi connectivity index (χ1) is 6.77. The molecule has 0 saturated heterocycles. The van der Waals surface area contributed by atoms with Crippen molar-refractivity contribution in [1.29, 1.82) is 4.78 Å². The van der Waals surface area contributed by atoms with Gasteiger partial charge in [-0.1, -0.05) is 17.7 Å². The van der Waals surface area contributed by atoms with E-state index in [1.807, 2.05) is 41.8 Å². The second-order valence-electron chi connectivity index (χ2n) is 2.69. The van der Waals surface area contributed by atoms with Crippen LogP contribution in [0.4, 0.5) is 0 Å². The summed E-state index contributed by atoms with van der Waals surface area (Å²) in [6, 6.07) is 11.5. The van der Waals surface area contributed by atoms with E-state index in [9.17, 15) is 0 Å². The molecule has 0 aliphatic heterocycles. The lowest BCUT2D eigenvalue weighted by molar-refractivity contribution is 1.41. The first-order valence-corrected chi connectivity index (χ1v) is 6.50. The summed E-state index contributed by atoms with van der Waals surface area (Å²) in [6.45, 7) is 0. The first kappa shape index (κ1) is 9.90. The fourth-order valence-electron chi connectivity index (χ4n) is 1.07. The van der Waals surface area contributed by atoms with Crippen LogP contribution in [0.5, 0.6) is 0 Å². The molecule has 0 bridgehead atoms. The third-order valence-electron chi connectivity index (χ3n) is 1.75. The molecule has 1 nitrogen and oxygen atoms in total. The van der Waals surface area contributed by atoms with Crippen LogP contribution in [0.2, 0.25) is 5.02 Å². The number of rotatable bonds is 2. The standard InChI is InChI=1S/C10H8ClNS2/c11-8-3-5-9(6-4-8)14(12)10-2-1-7-13-10/h1-7,12H/t14-/m1/s1. The molecule has 4 heteroatoms. The smallest absolute Gasteiger partial charge is 0.0752 e. The Kier molecular flexibility index (Phi) is 3.01. The van der Waals surface area contributed by atoms with E-state index in [1.54, 1.807) is 11.3 Å². The van der Waals surface area contributed by atoms with Crippen LogP contribution in [0.3, 0.4) is 0 Å². The molecule has 1 aromatic carbocycles. The van der Waals surface area contributed by atoms with Crippen molar-refractivity contribution >= 4 is 33.6 Å². The predicted octanol–water partition coefficient (Wildman–Crippen LogP) is 4.20. The zero-order chi connectivity index (χ0) is 9.97. The summed E-state index contributed by atoms with van der Waals surface area (Å²) in [5, 5.41) is 2.72. The Morgan fingerprint density at radius 2 is 1.86 bits per heavy atom. The third-order valence-corrected chi connectivity index (χ3v) is 4.73. The van der Waals surface area contributed by atoms with E-state index in [2.05, 4.69) is 0 Å². The van der Waals surface area contributed by atoms with Gasteiger partial charge in [-0.2, -0.15) is 0 Å². The van der Waals surface area contributed by atoms with Crippen LogP contribution in [-0.4, -0.2) is 0 Å². The molecule has 0 spiro atoms. The van der Waals surface area contributed by atoms with Crippen molar-refractivity contribution in [1.82, 2.24) is 0 Å². The highest BCUT2D eigenvalue weighted by Crippen LogP contribution is 2.22. The molecule has 0 unspecified atom stereocenters. The van der Waals surface area contributed by atoms with Crippen LogP contribution in [0.1, 0.15) is 0 Å². The van der Waals surface area contributed by atoms with E-state index in [0.717, 1.165) is 14.1 Å². The Hall–Kier alpha value is -0.640. The lowest BCUT2D eigenvalue weighted by Gasteiger charge is -2.02. The fraction of sp³-hybridized carbons (Fsp3) is 0. The molecule has 2 aromatic rings. The van der Waals surface area contributed by atoms with Gasteiger partial charge in [0.05, 0.1) is 4.21 Å². The van der Waals surface area contributed by atoms with Crippen molar-refractivity contribution in [2.75, 3.05) is 0 Å². The SMILES string of the molecule is N=[S@](c1ccc(Cl)cc1)c1cccs1. The summed E-state index contributed by atoms with van der Waals surface area (Å²) in [6.07, 6.45) is 0. The quantitative estimate of drug-likeness (QED) is 0.815. The zero-order valence-electron chi connectivity index (χ0n) is 7.24. The van der Waals surface area contributed by atoms with Crippen molar-refractivity contribution in [2.45, 2.75) is 9.10 Å². The topological polar surface area (TPSA) is 23.9 Å². The summed E-state index contributed by atoms with van der Waals surface area (Å²) in [7, 11) is -0.564. The lowest BCUT2D eigenvalue weighted by Crippen LogP contribution is -1.86. The molecule has 1 atom stereocenters. The van der Waals surface area contributed by atoms with Gasteiger partial charge in [0, 0.05) is 9.92 Å². The van der Waals surface area contributed by atoms with Gasteiger partial charge in [0.25, 0.3) is 0 Å². The molecule has 1 heterocycles. The molecule has 2 rings (SSSR count). The minimum atomic E-state index is -0.564. The van der Waals surface area contributed by atoms with Gasteiger partial charge in [0.15, 0.2) is 0 Å². The Morgan fingerprint density at radius 3 is 2.43 bits per heavy atom. The van der Waals surface area contributed by atoms with Crippen molar-refractivity contribution in [3.05, 3.63) is 46.8 Å². The second kappa shape index (κ2) is 4.26. The second-order valence-corrected chi connectivity index (χ2v) is 5.86. The van der Waals surface area contributed by atoms with Gasteiger partial charge < -0.3 is 0 Å². The van der Waals surface area contributed by atoms with Crippen LogP contribution >= 0.6 is 22.9 Å². The van der Waals surface area contributed by atoms with E-state index in [-0.39, 0.29) is 0 Å². The maximum atomic E-state index is 8.04. The number of halogens is 1. The van der Waals surface area contributed by atoms with Crippen LogP contribution in [-0.2, 0) is 10.7 Å². The maximum Gasteiger partial charge on any atom is 0.0752 e. The average molecular weight is 242 g/mol. The minimum absolute atomic E-state index is 0.564. The highest BCUT2D eigenvalue weighted by atomic mass is 35.5. The molecular weight excluding hydrogens is 234 g/mol. The minimum Gasteiger partial charge on any atom is -0.270 e. The van der Waals surface area contributed by atoms with Gasteiger partial charge in [-0.15, -0.1) is 11.3 Å². The molecule has 0 fully saturated rings. The number of nitrogens with one attached hydrogen (secondary N) is 1. The Balaban J connectivity index is 2.33. The first-order valence-electron chi connectivity index (χ1n) is 4.02. The van der Waals surface area contributed by atoms with Gasteiger partial charge in [0.2, 0.25) is 0 Å². The van der Waals surface area contributed by atoms with Crippen LogP contribution in [0, 0.1) is 4.78 Å². The Morgan fingerprint density at radius 1 is 1.14 bits per heavy atom. The van der Waals surface area contributed by atoms with Gasteiger partial charge in [-0.05, 0) is 46.4 Å². The van der Waals surface area contributed by atoms with E-state index in [0.29, 0.717) is 0 Å². The highest BCUT2D eigenvalue weighted by molar-refractivity contribution is 7.88. The van der Waals surface area contributed by atoms with E-state index in [4.69, 9.17) is 16.4 Å². The third kappa shape index (κ3) is 2.05. The van der Waals surface area contributed by atoms with Crippen LogP contribution in [0.15, 0.2) is 50.9 Å². The molecule has 0 saturated carbocycles.